The summed E-state index contributed by atoms with van der Waals surface area (Å²) >= 11 is 1.98. The SMILES string of the molecule is CSC1CCCCN(Cc2ccc3oc(=O)n(C)c3c2)C1. The Balaban J connectivity index is 1.80. The van der Waals surface area contributed by atoms with Crippen molar-refractivity contribution < 1.29 is 4.42 Å². The molecular formula is C16H22N2O2S. The molecule has 1 saturated heterocycles. The highest BCUT2D eigenvalue weighted by atomic mass is 32.2. The fourth-order valence-electron chi connectivity index (χ4n) is 3.04. The monoisotopic (exact) mass is 306 g/mol. The van der Waals surface area contributed by atoms with Crippen molar-refractivity contribution in [3.63, 3.8) is 0 Å². The Hall–Kier alpha value is -1.20. The first-order valence-electron chi connectivity index (χ1n) is 7.51. The Kier molecular flexibility index (Phi) is 4.40. The number of aryl methyl sites for hydroxylation is 1. The van der Waals surface area contributed by atoms with Gasteiger partial charge in [0.1, 0.15) is 0 Å². The predicted molar refractivity (Wildman–Crippen MR) is 87.9 cm³/mol. The smallest absolute Gasteiger partial charge is 0.408 e. The average Bonchev–Trinajstić information content (AvgIpc) is 2.68. The van der Waals surface area contributed by atoms with E-state index in [2.05, 4.69) is 23.3 Å². The first-order chi connectivity index (χ1) is 10.2. The lowest BCUT2D eigenvalue weighted by molar-refractivity contribution is 0.280. The van der Waals surface area contributed by atoms with Gasteiger partial charge in [-0.3, -0.25) is 9.47 Å². The van der Waals surface area contributed by atoms with Crippen molar-refractivity contribution in [1.82, 2.24) is 9.47 Å². The van der Waals surface area contributed by atoms with Gasteiger partial charge in [0.15, 0.2) is 5.58 Å². The van der Waals surface area contributed by atoms with Crippen molar-refractivity contribution in [3.05, 3.63) is 34.3 Å². The van der Waals surface area contributed by atoms with Gasteiger partial charge >= 0.3 is 5.76 Å². The van der Waals surface area contributed by atoms with Crippen molar-refractivity contribution in [1.29, 1.82) is 0 Å². The summed E-state index contributed by atoms with van der Waals surface area (Å²) in [5.74, 6) is -0.292. The molecule has 0 radical (unpaired) electrons. The lowest BCUT2D eigenvalue weighted by atomic mass is 10.2. The molecule has 1 aliphatic heterocycles. The molecule has 1 atom stereocenters. The molecule has 4 nitrogen and oxygen atoms in total. The predicted octanol–water partition coefficient (Wildman–Crippen LogP) is 2.85. The maximum Gasteiger partial charge on any atom is 0.419 e. The number of oxazole rings is 1. The molecule has 0 saturated carbocycles. The van der Waals surface area contributed by atoms with E-state index in [0.717, 1.165) is 23.9 Å². The van der Waals surface area contributed by atoms with Crippen LogP contribution in [0.4, 0.5) is 0 Å². The second kappa shape index (κ2) is 6.28. The van der Waals surface area contributed by atoms with Gasteiger partial charge in [-0.15, -0.1) is 0 Å². The Morgan fingerprint density at radius 1 is 1.38 bits per heavy atom. The molecule has 1 aromatic carbocycles. The molecule has 0 bridgehead atoms. The molecule has 1 aromatic heterocycles. The Morgan fingerprint density at radius 3 is 3.05 bits per heavy atom. The van der Waals surface area contributed by atoms with Crippen LogP contribution in [0.5, 0.6) is 0 Å². The zero-order valence-electron chi connectivity index (χ0n) is 12.7. The lowest BCUT2D eigenvalue weighted by Gasteiger charge is -2.23. The van der Waals surface area contributed by atoms with Crippen molar-refractivity contribution in [3.8, 4) is 0 Å². The van der Waals surface area contributed by atoms with Gasteiger partial charge in [-0.1, -0.05) is 12.5 Å². The molecule has 0 spiro atoms. The van der Waals surface area contributed by atoms with Crippen LogP contribution >= 0.6 is 11.8 Å². The number of hydrogen-bond acceptors (Lipinski definition) is 4. The fourth-order valence-corrected chi connectivity index (χ4v) is 3.81. The van der Waals surface area contributed by atoms with E-state index in [0.29, 0.717) is 5.58 Å². The summed E-state index contributed by atoms with van der Waals surface area (Å²) in [4.78, 5) is 14.1. The molecule has 3 rings (SSSR count). The molecule has 114 valence electrons. The van der Waals surface area contributed by atoms with Crippen LogP contribution < -0.4 is 5.76 Å². The Labute approximate surface area is 129 Å². The lowest BCUT2D eigenvalue weighted by Crippen LogP contribution is -2.29. The van der Waals surface area contributed by atoms with Crippen LogP contribution in [-0.4, -0.2) is 34.1 Å². The van der Waals surface area contributed by atoms with Gasteiger partial charge in [0, 0.05) is 25.4 Å². The largest absolute Gasteiger partial charge is 0.419 e. The van der Waals surface area contributed by atoms with Crippen LogP contribution in [-0.2, 0) is 13.6 Å². The quantitative estimate of drug-likeness (QED) is 0.874. The maximum atomic E-state index is 11.6. The first kappa shape index (κ1) is 14.7. The van der Waals surface area contributed by atoms with Crippen LogP contribution in [0.15, 0.2) is 27.4 Å². The number of aromatic nitrogens is 1. The van der Waals surface area contributed by atoms with E-state index < -0.39 is 0 Å². The second-order valence-corrected chi connectivity index (χ2v) is 6.96. The highest BCUT2D eigenvalue weighted by molar-refractivity contribution is 7.99. The minimum absolute atomic E-state index is 0.292. The maximum absolute atomic E-state index is 11.6. The summed E-state index contributed by atoms with van der Waals surface area (Å²) in [6, 6.07) is 6.07. The summed E-state index contributed by atoms with van der Waals surface area (Å²) in [5.41, 5.74) is 2.80. The number of fused-ring (bicyclic) bond motifs is 1. The summed E-state index contributed by atoms with van der Waals surface area (Å²) in [7, 11) is 1.76. The van der Waals surface area contributed by atoms with Crippen molar-refractivity contribution in [2.45, 2.75) is 31.1 Å². The van der Waals surface area contributed by atoms with Gasteiger partial charge in [-0.2, -0.15) is 11.8 Å². The van der Waals surface area contributed by atoms with Gasteiger partial charge in [0.05, 0.1) is 5.52 Å². The zero-order valence-corrected chi connectivity index (χ0v) is 13.5. The van der Waals surface area contributed by atoms with Crippen LogP contribution in [0.1, 0.15) is 24.8 Å². The van der Waals surface area contributed by atoms with E-state index in [1.165, 1.54) is 31.4 Å². The van der Waals surface area contributed by atoms with E-state index in [4.69, 9.17) is 4.42 Å². The highest BCUT2D eigenvalue weighted by Gasteiger charge is 2.17. The fraction of sp³-hybridized carbons (Fsp3) is 0.562. The van der Waals surface area contributed by atoms with E-state index in [-0.39, 0.29) is 5.76 Å². The van der Waals surface area contributed by atoms with Crippen LogP contribution in [0.2, 0.25) is 0 Å². The van der Waals surface area contributed by atoms with E-state index >= 15 is 0 Å². The number of nitrogens with zero attached hydrogens (tertiary/aromatic N) is 2. The summed E-state index contributed by atoms with van der Waals surface area (Å²) in [6.07, 6.45) is 6.15. The standard InChI is InChI=1S/C16H22N2O2S/c1-17-14-9-12(6-7-15(14)20-16(17)19)10-18-8-4-3-5-13(11-18)21-2/h6-7,9,13H,3-5,8,10-11H2,1-2H3. The number of likely N-dealkylation sites (tertiary alicyclic amines) is 1. The normalized spacial score (nSPS) is 20.8. The topological polar surface area (TPSA) is 38.4 Å². The third-order valence-corrected chi connectivity index (χ3v) is 5.36. The van der Waals surface area contributed by atoms with E-state index in [9.17, 15) is 4.79 Å². The van der Waals surface area contributed by atoms with Gasteiger partial charge in [0.25, 0.3) is 0 Å². The van der Waals surface area contributed by atoms with Crippen LogP contribution in [0, 0.1) is 0 Å². The summed E-state index contributed by atoms with van der Waals surface area (Å²) < 4.78 is 6.76. The van der Waals surface area contributed by atoms with Crippen LogP contribution in [0.3, 0.4) is 0 Å². The zero-order chi connectivity index (χ0) is 14.8. The summed E-state index contributed by atoms with van der Waals surface area (Å²) in [5, 5.41) is 0.745. The van der Waals surface area contributed by atoms with Gasteiger partial charge in [-0.05, 0) is 43.3 Å². The molecule has 21 heavy (non-hydrogen) atoms. The number of rotatable bonds is 3. The highest BCUT2D eigenvalue weighted by Crippen LogP contribution is 2.22. The van der Waals surface area contributed by atoms with Gasteiger partial charge < -0.3 is 4.42 Å². The molecule has 1 unspecified atom stereocenters. The molecule has 0 aliphatic carbocycles. The number of benzene rings is 1. The first-order valence-corrected chi connectivity index (χ1v) is 8.80. The summed E-state index contributed by atoms with van der Waals surface area (Å²) in [6.45, 7) is 3.27. The van der Waals surface area contributed by atoms with Crippen LogP contribution in [0.25, 0.3) is 11.1 Å². The average molecular weight is 306 g/mol. The minimum atomic E-state index is -0.292. The molecule has 2 heterocycles. The third kappa shape index (κ3) is 3.19. The molecule has 0 amide bonds. The molecule has 0 N–H and O–H groups in total. The van der Waals surface area contributed by atoms with Crippen molar-refractivity contribution >= 4 is 22.9 Å². The molecule has 1 fully saturated rings. The molecule has 1 aliphatic rings. The number of hydrogen-bond donors (Lipinski definition) is 0. The molecular weight excluding hydrogens is 284 g/mol. The van der Waals surface area contributed by atoms with E-state index in [1.807, 2.05) is 17.8 Å². The van der Waals surface area contributed by atoms with Crippen molar-refractivity contribution in [2.75, 3.05) is 19.3 Å². The minimum Gasteiger partial charge on any atom is -0.408 e. The Bertz CT molecular complexity index is 676. The van der Waals surface area contributed by atoms with Gasteiger partial charge in [0.2, 0.25) is 0 Å². The third-order valence-electron chi connectivity index (χ3n) is 4.31. The molecule has 5 heteroatoms. The molecule has 2 aromatic rings. The van der Waals surface area contributed by atoms with Gasteiger partial charge in [-0.25, -0.2) is 4.79 Å². The Morgan fingerprint density at radius 2 is 2.24 bits per heavy atom. The van der Waals surface area contributed by atoms with Crippen molar-refractivity contribution in [2.24, 2.45) is 7.05 Å². The van der Waals surface area contributed by atoms with E-state index in [1.54, 1.807) is 11.6 Å². The number of thioether (sulfide) groups is 1. The second-order valence-electron chi connectivity index (χ2n) is 5.82.